The van der Waals surface area contributed by atoms with E-state index in [4.69, 9.17) is 5.73 Å². The highest BCUT2D eigenvalue weighted by atomic mass is 16.2. The standard InChI is InChI=1S/C23H32N4O3/c24-22(29)17-7-5-11-26(14-17)13-16-6-1-4-10-20(16)25-23(30)18-12-21(28)27(15-18)19-8-2-3-9-19/h1,4,6,10,17-19H,2-3,5,7-9,11-15H2,(H2,24,29)(H,25,30). The second-order valence-corrected chi connectivity index (χ2v) is 9.01. The molecule has 0 radical (unpaired) electrons. The first kappa shape index (κ1) is 20.8. The largest absolute Gasteiger partial charge is 0.369 e. The molecule has 2 heterocycles. The van der Waals surface area contributed by atoms with Crippen LogP contribution in [0.15, 0.2) is 24.3 Å². The highest BCUT2D eigenvalue weighted by molar-refractivity contribution is 5.97. The number of nitrogens with one attached hydrogen (secondary N) is 1. The average molecular weight is 413 g/mol. The number of carbonyl (C=O) groups is 3. The van der Waals surface area contributed by atoms with Crippen LogP contribution in [-0.2, 0) is 20.9 Å². The van der Waals surface area contributed by atoms with Gasteiger partial charge >= 0.3 is 0 Å². The zero-order chi connectivity index (χ0) is 21.1. The lowest BCUT2D eigenvalue weighted by Crippen LogP contribution is -2.40. The molecule has 1 aromatic rings. The second kappa shape index (κ2) is 9.16. The van der Waals surface area contributed by atoms with Crippen molar-refractivity contribution in [1.82, 2.24) is 9.80 Å². The zero-order valence-electron chi connectivity index (χ0n) is 17.5. The van der Waals surface area contributed by atoms with Gasteiger partial charge in [-0.1, -0.05) is 31.0 Å². The molecule has 30 heavy (non-hydrogen) atoms. The van der Waals surface area contributed by atoms with Gasteiger partial charge in [0.1, 0.15) is 0 Å². The second-order valence-electron chi connectivity index (χ2n) is 9.01. The van der Waals surface area contributed by atoms with Crippen LogP contribution in [0.25, 0.3) is 0 Å². The molecule has 7 heteroatoms. The first-order valence-corrected chi connectivity index (χ1v) is 11.2. The summed E-state index contributed by atoms with van der Waals surface area (Å²) in [6.45, 7) is 2.77. The number of rotatable bonds is 6. The smallest absolute Gasteiger partial charge is 0.229 e. The van der Waals surface area contributed by atoms with Gasteiger partial charge in [-0.15, -0.1) is 0 Å². The fraction of sp³-hybridized carbons (Fsp3) is 0.609. The summed E-state index contributed by atoms with van der Waals surface area (Å²) in [7, 11) is 0. The Kier molecular flexibility index (Phi) is 6.37. The number of anilines is 1. The Labute approximate surface area is 178 Å². The van der Waals surface area contributed by atoms with E-state index in [2.05, 4.69) is 10.2 Å². The van der Waals surface area contributed by atoms with Crippen molar-refractivity contribution in [2.75, 3.05) is 25.0 Å². The van der Waals surface area contributed by atoms with Crippen LogP contribution >= 0.6 is 0 Å². The van der Waals surface area contributed by atoms with Crippen LogP contribution in [0, 0.1) is 11.8 Å². The fourth-order valence-corrected chi connectivity index (χ4v) is 5.16. The summed E-state index contributed by atoms with van der Waals surface area (Å²) >= 11 is 0. The summed E-state index contributed by atoms with van der Waals surface area (Å²) in [5.41, 5.74) is 7.31. The minimum atomic E-state index is -0.291. The quantitative estimate of drug-likeness (QED) is 0.748. The zero-order valence-corrected chi connectivity index (χ0v) is 17.5. The van der Waals surface area contributed by atoms with E-state index in [-0.39, 0.29) is 29.6 Å². The van der Waals surface area contributed by atoms with E-state index in [0.717, 1.165) is 43.5 Å². The molecule has 2 atom stereocenters. The Morgan fingerprint density at radius 3 is 2.57 bits per heavy atom. The first-order chi connectivity index (χ1) is 14.5. The van der Waals surface area contributed by atoms with Crippen molar-refractivity contribution in [2.24, 2.45) is 17.6 Å². The summed E-state index contributed by atoms with van der Waals surface area (Å²) in [5.74, 6) is -0.600. The third-order valence-corrected chi connectivity index (χ3v) is 6.87. The number of benzene rings is 1. The molecular weight excluding hydrogens is 380 g/mol. The number of para-hydroxylation sites is 1. The van der Waals surface area contributed by atoms with Crippen LogP contribution in [0.5, 0.6) is 0 Å². The van der Waals surface area contributed by atoms with E-state index >= 15 is 0 Å². The van der Waals surface area contributed by atoms with Gasteiger partial charge in [-0.05, 0) is 43.9 Å². The molecule has 2 aliphatic heterocycles. The minimum absolute atomic E-state index is 0.0787. The van der Waals surface area contributed by atoms with Gasteiger partial charge in [-0.25, -0.2) is 0 Å². The number of hydrogen-bond donors (Lipinski definition) is 2. The molecule has 0 bridgehead atoms. The van der Waals surface area contributed by atoms with Gasteiger partial charge in [-0.2, -0.15) is 0 Å². The van der Waals surface area contributed by atoms with Crippen molar-refractivity contribution in [3.05, 3.63) is 29.8 Å². The Morgan fingerprint density at radius 1 is 1.03 bits per heavy atom. The number of primary amides is 1. The van der Waals surface area contributed by atoms with Crippen LogP contribution in [-0.4, -0.2) is 53.2 Å². The molecule has 0 spiro atoms. The highest BCUT2D eigenvalue weighted by Crippen LogP contribution is 2.30. The molecule has 1 saturated carbocycles. The first-order valence-electron chi connectivity index (χ1n) is 11.2. The van der Waals surface area contributed by atoms with E-state index in [1.54, 1.807) is 0 Å². The lowest BCUT2D eigenvalue weighted by Gasteiger charge is -2.31. The molecule has 3 aliphatic rings. The summed E-state index contributed by atoms with van der Waals surface area (Å²) in [5, 5.41) is 3.07. The molecule has 1 aromatic carbocycles. The minimum Gasteiger partial charge on any atom is -0.369 e. The average Bonchev–Trinajstić information content (AvgIpc) is 3.39. The number of nitrogens with zero attached hydrogens (tertiary/aromatic N) is 2. The van der Waals surface area contributed by atoms with Crippen molar-refractivity contribution in [1.29, 1.82) is 0 Å². The molecule has 0 aromatic heterocycles. The summed E-state index contributed by atoms with van der Waals surface area (Å²) in [4.78, 5) is 41.1. The van der Waals surface area contributed by atoms with Gasteiger partial charge in [0.25, 0.3) is 0 Å². The van der Waals surface area contributed by atoms with Crippen molar-refractivity contribution in [3.63, 3.8) is 0 Å². The van der Waals surface area contributed by atoms with Crippen LogP contribution < -0.4 is 11.1 Å². The maximum atomic E-state index is 12.9. The van der Waals surface area contributed by atoms with E-state index in [1.165, 1.54) is 12.8 Å². The third-order valence-electron chi connectivity index (χ3n) is 6.87. The predicted octanol–water partition coefficient (Wildman–Crippen LogP) is 2.11. The summed E-state index contributed by atoms with van der Waals surface area (Å²) < 4.78 is 0. The van der Waals surface area contributed by atoms with Gasteiger partial charge < -0.3 is 16.0 Å². The maximum Gasteiger partial charge on any atom is 0.229 e. The maximum absolute atomic E-state index is 12.9. The normalized spacial score (nSPS) is 25.6. The number of amides is 3. The number of hydrogen-bond acceptors (Lipinski definition) is 4. The fourth-order valence-electron chi connectivity index (χ4n) is 5.16. The molecule has 1 aliphatic carbocycles. The van der Waals surface area contributed by atoms with Crippen LogP contribution in [0.3, 0.4) is 0 Å². The molecule has 2 unspecified atom stereocenters. The number of piperidine rings is 1. The molecule has 3 N–H and O–H groups in total. The lowest BCUT2D eigenvalue weighted by atomic mass is 9.97. The Balaban J connectivity index is 1.38. The molecule has 2 saturated heterocycles. The number of likely N-dealkylation sites (tertiary alicyclic amines) is 2. The van der Waals surface area contributed by atoms with Gasteiger partial charge in [-0.3, -0.25) is 19.3 Å². The third kappa shape index (κ3) is 4.67. The van der Waals surface area contributed by atoms with E-state index < -0.39 is 0 Å². The molecule has 4 rings (SSSR count). The number of nitrogens with two attached hydrogens (primary N) is 1. The van der Waals surface area contributed by atoms with E-state index in [1.807, 2.05) is 29.2 Å². The lowest BCUT2D eigenvalue weighted by molar-refractivity contribution is -0.130. The Morgan fingerprint density at radius 2 is 1.80 bits per heavy atom. The highest BCUT2D eigenvalue weighted by Gasteiger charge is 2.38. The van der Waals surface area contributed by atoms with E-state index in [0.29, 0.717) is 32.1 Å². The number of carbonyl (C=O) groups excluding carboxylic acids is 3. The molecule has 7 nitrogen and oxygen atoms in total. The summed E-state index contributed by atoms with van der Waals surface area (Å²) in [6.07, 6.45) is 6.56. The van der Waals surface area contributed by atoms with Gasteiger partial charge in [0.05, 0.1) is 11.8 Å². The SMILES string of the molecule is NC(=O)C1CCCN(Cc2ccccc2NC(=O)C2CC(=O)N(C3CCCC3)C2)C1. The van der Waals surface area contributed by atoms with Crippen LogP contribution in [0.2, 0.25) is 0 Å². The van der Waals surface area contributed by atoms with Crippen molar-refractivity contribution in [2.45, 2.75) is 57.5 Å². The summed E-state index contributed by atoms with van der Waals surface area (Å²) in [6, 6.07) is 8.11. The Bertz CT molecular complexity index is 805. The van der Waals surface area contributed by atoms with Crippen molar-refractivity contribution >= 4 is 23.4 Å². The van der Waals surface area contributed by atoms with Crippen molar-refractivity contribution in [3.8, 4) is 0 Å². The Hall–Kier alpha value is -2.41. The molecule has 162 valence electrons. The van der Waals surface area contributed by atoms with Gasteiger partial charge in [0.2, 0.25) is 17.7 Å². The molecule has 3 fully saturated rings. The molecule has 3 amide bonds. The van der Waals surface area contributed by atoms with Crippen molar-refractivity contribution < 1.29 is 14.4 Å². The molecular formula is C23H32N4O3. The van der Waals surface area contributed by atoms with Gasteiger partial charge in [0.15, 0.2) is 0 Å². The monoisotopic (exact) mass is 412 g/mol. The van der Waals surface area contributed by atoms with Gasteiger partial charge in [0, 0.05) is 37.8 Å². The topological polar surface area (TPSA) is 95.7 Å². The van der Waals surface area contributed by atoms with E-state index in [9.17, 15) is 14.4 Å². The predicted molar refractivity (Wildman–Crippen MR) is 114 cm³/mol. The van der Waals surface area contributed by atoms with Crippen LogP contribution in [0.4, 0.5) is 5.69 Å². The van der Waals surface area contributed by atoms with Crippen LogP contribution in [0.1, 0.15) is 50.5 Å².